The lowest BCUT2D eigenvalue weighted by Crippen LogP contribution is -2.36. The summed E-state index contributed by atoms with van der Waals surface area (Å²) in [7, 11) is 4.94. The number of rotatable bonds is 7. The van der Waals surface area contributed by atoms with E-state index in [1.54, 1.807) is 26.2 Å². The van der Waals surface area contributed by atoms with E-state index in [4.69, 9.17) is 4.74 Å². The second kappa shape index (κ2) is 7.81. The van der Waals surface area contributed by atoms with Gasteiger partial charge in [-0.3, -0.25) is 4.79 Å². The first kappa shape index (κ1) is 16.4. The molecule has 0 saturated carbocycles. The molecule has 1 amide bonds. The molecule has 1 aromatic rings. The predicted molar refractivity (Wildman–Crippen MR) is 78.0 cm³/mol. The number of nitrogens with zero attached hydrogens (tertiary/aromatic N) is 2. The number of nitrogens with one attached hydrogen (secondary N) is 1. The Kier molecular flexibility index (Phi) is 6.41. The fourth-order valence-electron chi connectivity index (χ4n) is 1.88. The van der Waals surface area contributed by atoms with Crippen molar-refractivity contribution in [3.63, 3.8) is 0 Å². The molecule has 0 aliphatic rings. The third-order valence-corrected chi connectivity index (χ3v) is 2.93. The van der Waals surface area contributed by atoms with E-state index in [2.05, 4.69) is 10.3 Å². The second-order valence-electron chi connectivity index (χ2n) is 4.63. The van der Waals surface area contributed by atoms with Crippen molar-refractivity contribution in [3.8, 4) is 0 Å². The first-order valence-corrected chi connectivity index (χ1v) is 6.63. The number of aromatic nitrogens is 1. The van der Waals surface area contributed by atoms with Gasteiger partial charge in [0, 0.05) is 39.0 Å². The van der Waals surface area contributed by atoms with Crippen molar-refractivity contribution in [1.82, 2.24) is 9.88 Å². The van der Waals surface area contributed by atoms with Crippen LogP contribution in [-0.2, 0) is 11.2 Å². The summed E-state index contributed by atoms with van der Waals surface area (Å²) in [5.74, 6) is 0.521. The molecule has 0 aliphatic heterocycles. The molecule has 0 aliphatic carbocycles. The third kappa shape index (κ3) is 4.47. The van der Waals surface area contributed by atoms with Gasteiger partial charge in [-0.25, -0.2) is 4.98 Å². The van der Waals surface area contributed by atoms with Crippen molar-refractivity contribution in [1.29, 1.82) is 0 Å². The predicted octanol–water partition coefficient (Wildman–Crippen LogP) is 0.765. The molecule has 1 unspecified atom stereocenters. The summed E-state index contributed by atoms with van der Waals surface area (Å²) >= 11 is 0. The Balaban J connectivity index is 2.85. The van der Waals surface area contributed by atoms with Crippen molar-refractivity contribution in [2.45, 2.75) is 19.4 Å². The van der Waals surface area contributed by atoms with Crippen LogP contribution in [0.25, 0.3) is 0 Å². The van der Waals surface area contributed by atoms with Gasteiger partial charge in [0.25, 0.3) is 5.91 Å². The molecule has 1 atom stereocenters. The molecule has 1 rings (SSSR count). The van der Waals surface area contributed by atoms with Gasteiger partial charge in [-0.1, -0.05) is 6.92 Å². The van der Waals surface area contributed by atoms with Crippen LogP contribution in [0.1, 0.15) is 23.0 Å². The average Bonchev–Trinajstić information content (AvgIpc) is 2.45. The highest BCUT2D eigenvalue weighted by Crippen LogP contribution is 2.13. The number of hydrogen-bond donors (Lipinski definition) is 2. The molecule has 112 valence electrons. The third-order valence-electron chi connectivity index (χ3n) is 2.93. The van der Waals surface area contributed by atoms with E-state index < -0.39 is 6.10 Å². The first-order valence-electron chi connectivity index (χ1n) is 6.63. The minimum atomic E-state index is -0.690. The van der Waals surface area contributed by atoms with Crippen LogP contribution in [0.15, 0.2) is 12.1 Å². The molecule has 0 fully saturated rings. The number of carbonyl (C=O) groups is 1. The molecule has 0 bridgehead atoms. The molecule has 0 radical (unpaired) electrons. The largest absolute Gasteiger partial charge is 0.389 e. The normalized spacial score (nSPS) is 12.1. The summed E-state index contributed by atoms with van der Waals surface area (Å²) < 4.78 is 4.86. The summed E-state index contributed by atoms with van der Waals surface area (Å²) in [6.45, 7) is 2.42. The van der Waals surface area contributed by atoms with Gasteiger partial charge >= 0.3 is 0 Å². The van der Waals surface area contributed by atoms with Crippen LogP contribution in [0.2, 0.25) is 0 Å². The number of aryl methyl sites for hydroxylation is 1. The molecule has 0 aromatic carbocycles. The number of aliphatic hydroxyl groups excluding tert-OH is 1. The Morgan fingerprint density at radius 3 is 2.80 bits per heavy atom. The zero-order valence-corrected chi connectivity index (χ0v) is 12.5. The van der Waals surface area contributed by atoms with Gasteiger partial charge in [-0.05, 0) is 18.6 Å². The number of hydrogen-bond acceptors (Lipinski definition) is 5. The van der Waals surface area contributed by atoms with Crippen molar-refractivity contribution in [2.75, 3.05) is 39.7 Å². The summed E-state index contributed by atoms with van der Waals surface area (Å²) in [6.07, 6.45) is 0.0661. The SMILES string of the molecule is CCc1cc(C(=O)N(C)CC(O)COC)cc(NC)n1. The lowest BCUT2D eigenvalue weighted by Gasteiger charge is -2.21. The standard InChI is InChI=1S/C14H23N3O3/c1-5-11-6-10(7-13(15-2)16-11)14(19)17(3)8-12(18)9-20-4/h6-7,12,18H,5,8-9H2,1-4H3,(H,15,16). The Bertz CT molecular complexity index is 429. The minimum absolute atomic E-state index is 0.145. The highest BCUT2D eigenvalue weighted by Gasteiger charge is 2.16. The van der Waals surface area contributed by atoms with Crippen LogP contribution in [0.5, 0.6) is 0 Å². The van der Waals surface area contributed by atoms with Crippen LogP contribution in [0.4, 0.5) is 5.82 Å². The maximum absolute atomic E-state index is 12.3. The zero-order valence-electron chi connectivity index (χ0n) is 12.5. The second-order valence-corrected chi connectivity index (χ2v) is 4.63. The van der Waals surface area contributed by atoms with Gasteiger partial charge < -0.3 is 20.1 Å². The van der Waals surface area contributed by atoms with E-state index >= 15 is 0 Å². The summed E-state index contributed by atoms with van der Waals surface area (Å²) in [5.41, 5.74) is 1.42. The van der Waals surface area contributed by atoms with Crippen LogP contribution < -0.4 is 5.32 Å². The van der Waals surface area contributed by atoms with Gasteiger partial charge in [-0.2, -0.15) is 0 Å². The molecule has 1 aromatic heterocycles. The van der Waals surface area contributed by atoms with Gasteiger partial charge in [0.15, 0.2) is 0 Å². The van der Waals surface area contributed by atoms with Crippen molar-refractivity contribution >= 4 is 11.7 Å². The van der Waals surface area contributed by atoms with Gasteiger partial charge in [0.1, 0.15) is 5.82 Å². The number of amides is 1. The fourth-order valence-corrected chi connectivity index (χ4v) is 1.88. The van der Waals surface area contributed by atoms with E-state index in [1.165, 1.54) is 12.0 Å². The van der Waals surface area contributed by atoms with E-state index in [0.717, 1.165) is 12.1 Å². The smallest absolute Gasteiger partial charge is 0.253 e. The first-order chi connectivity index (χ1) is 9.51. The van der Waals surface area contributed by atoms with Crippen molar-refractivity contribution in [2.24, 2.45) is 0 Å². The molecule has 2 N–H and O–H groups in total. The quantitative estimate of drug-likeness (QED) is 0.772. The van der Waals surface area contributed by atoms with E-state index in [0.29, 0.717) is 11.4 Å². The molecule has 6 nitrogen and oxygen atoms in total. The maximum atomic E-state index is 12.3. The van der Waals surface area contributed by atoms with Crippen LogP contribution >= 0.6 is 0 Å². The summed E-state index contributed by atoms with van der Waals surface area (Å²) in [4.78, 5) is 18.2. The van der Waals surface area contributed by atoms with E-state index in [-0.39, 0.29) is 19.1 Å². The Hall–Kier alpha value is -1.66. The molecule has 6 heteroatoms. The number of likely N-dealkylation sites (N-methyl/N-ethyl adjacent to an activating group) is 1. The van der Waals surface area contributed by atoms with E-state index in [1.807, 2.05) is 6.92 Å². The number of methoxy groups -OCH3 is 1. The number of ether oxygens (including phenoxy) is 1. The van der Waals surface area contributed by atoms with Gasteiger partial charge in [-0.15, -0.1) is 0 Å². The van der Waals surface area contributed by atoms with Gasteiger partial charge in [0.05, 0.1) is 12.7 Å². The van der Waals surface area contributed by atoms with Crippen molar-refractivity contribution < 1.29 is 14.6 Å². The molecule has 1 heterocycles. The van der Waals surface area contributed by atoms with Crippen molar-refractivity contribution in [3.05, 3.63) is 23.4 Å². The molecule has 0 spiro atoms. The van der Waals surface area contributed by atoms with Crippen LogP contribution in [-0.4, -0.2) is 61.4 Å². The topological polar surface area (TPSA) is 74.7 Å². The Labute approximate surface area is 119 Å². The Morgan fingerprint density at radius 2 is 2.25 bits per heavy atom. The molecule has 20 heavy (non-hydrogen) atoms. The fraction of sp³-hybridized carbons (Fsp3) is 0.571. The van der Waals surface area contributed by atoms with Crippen LogP contribution in [0, 0.1) is 0 Å². The Morgan fingerprint density at radius 1 is 1.55 bits per heavy atom. The molecular weight excluding hydrogens is 258 g/mol. The molecular formula is C14H23N3O3. The van der Waals surface area contributed by atoms with Gasteiger partial charge in [0.2, 0.25) is 0 Å². The number of anilines is 1. The minimum Gasteiger partial charge on any atom is -0.389 e. The summed E-state index contributed by atoms with van der Waals surface area (Å²) in [6, 6.07) is 3.49. The zero-order chi connectivity index (χ0) is 15.1. The number of carbonyl (C=O) groups excluding carboxylic acids is 1. The highest BCUT2D eigenvalue weighted by atomic mass is 16.5. The number of pyridine rings is 1. The monoisotopic (exact) mass is 281 g/mol. The molecule has 0 saturated heterocycles. The average molecular weight is 281 g/mol. The number of aliphatic hydroxyl groups is 1. The summed E-state index contributed by atoms with van der Waals surface area (Å²) in [5, 5.41) is 12.6. The lowest BCUT2D eigenvalue weighted by molar-refractivity contribution is 0.0380. The lowest BCUT2D eigenvalue weighted by atomic mass is 10.1. The maximum Gasteiger partial charge on any atom is 0.253 e. The highest BCUT2D eigenvalue weighted by molar-refractivity contribution is 5.94. The van der Waals surface area contributed by atoms with Crippen LogP contribution in [0.3, 0.4) is 0 Å². The van der Waals surface area contributed by atoms with E-state index in [9.17, 15) is 9.90 Å².